The second-order valence-electron chi connectivity index (χ2n) is 10.9. The van der Waals surface area contributed by atoms with Gasteiger partial charge in [0.05, 0.1) is 23.8 Å². The first-order valence-electron chi connectivity index (χ1n) is 13.6. The Morgan fingerprint density at radius 2 is 1.81 bits per heavy atom. The summed E-state index contributed by atoms with van der Waals surface area (Å²) in [5.74, 6) is -1.32. The van der Waals surface area contributed by atoms with Crippen molar-refractivity contribution < 1.29 is 45.4 Å². The van der Waals surface area contributed by atoms with Crippen LogP contribution < -0.4 is 9.47 Å². The van der Waals surface area contributed by atoms with E-state index in [1.807, 2.05) is 19.1 Å². The Morgan fingerprint density at radius 3 is 2.48 bits per heavy atom. The van der Waals surface area contributed by atoms with E-state index in [1.165, 1.54) is 24.3 Å². The monoisotopic (exact) mass is 606 g/mol. The number of carboxylic acid groups (broad SMARTS) is 1. The zero-order chi connectivity index (χ0) is 30.4. The largest absolute Gasteiger partial charge is 0.494 e. The third kappa shape index (κ3) is 6.25. The smallest absolute Gasteiger partial charge is 0.417 e. The number of rotatable bonds is 11. The van der Waals surface area contributed by atoms with Gasteiger partial charge >= 0.3 is 12.1 Å². The highest BCUT2D eigenvalue weighted by Gasteiger charge is 2.59. The van der Waals surface area contributed by atoms with E-state index in [0.29, 0.717) is 18.6 Å². The van der Waals surface area contributed by atoms with Crippen LogP contribution in [0.1, 0.15) is 47.1 Å². The summed E-state index contributed by atoms with van der Waals surface area (Å²) in [6.45, 7) is 1.66. The standard InChI is InChI=1S/C31H30F4O6S/c1-3-17-12-23-19(13-24-28(23)29(24)30(36)37)14-27(17)41-16-20-11-18(5-8-26(20)32)22-7-6-21(15-25(22)31(33,34)35)40-9-4-10-42(2,38)39/h5-8,11-12,14-15,24,28-29H,3-4,9-10,13,16H2,1-2H3,(H,36,37). The predicted octanol–water partition coefficient (Wildman–Crippen LogP) is 6.44. The number of alkyl halides is 3. The summed E-state index contributed by atoms with van der Waals surface area (Å²) in [5, 5.41) is 9.40. The third-order valence-electron chi connectivity index (χ3n) is 7.94. The Kier molecular flexibility index (Phi) is 8.00. The maximum absolute atomic E-state index is 14.8. The maximum Gasteiger partial charge on any atom is 0.417 e. The number of sulfone groups is 1. The lowest BCUT2D eigenvalue weighted by Crippen LogP contribution is -2.10. The Hall–Kier alpha value is -3.60. The first kappa shape index (κ1) is 29.9. The summed E-state index contributed by atoms with van der Waals surface area (Å²) in [6, 6.07) is 11.0. The molecule has 11 heteroatoms. The predicted molar refractivity (Wildman–Crippen MR) is 148 cm³/mol. The van der Waals surface area contributed by atoms with Gasteiger partial charge in [-0.05, 0) is 83.3 Å². The Morgan fingerprint density at radius 1 is 1.05 bits per heavy atom. The van der Waals surface area contributed by atoms with Gasteiger partial charge in [0.2, 0.25) is 0 Å². The second kappa shape index (κ2) is 11.2. The van der Waals surface area contributed by atoms with Crippen LogP contribution in [-0.4, -0.2) is 38.1 Å². The average molecular weight is 607 g/mol. The summed E-state index contributed by atoms with van der Waals surface area (Å²) >= 11 is 0. The van der Waals surface area contributed by atoms with Crippen molar-refractivity contribution in [2.75, 3.05) is 18.6 Å². The molecule has 0 amide bonds. The van der Waals surface area contributed by atoms with Crippen molar-refractivity contribution in [1.29, 1.82) is 0 Å². The molecule has 2 aliphatic rings. The number of ether oxygens (including phenoxy) is 2. The molecule has 0 aliphatic heterocycles. The van der Waals surface area contributed by atoms with Gasteiger partial charge in [0, 0.05) is 17.7 Å². The minimum Gasteiger partial charge on any atom is -0.494 e. The third-order valence-corrected chi connectivity index (χ3v) is 8.97. The SMILES string of the molecule is CCc1cc2c(cc1OCc1cc(-c3ccc(OCCCS(C)(=O)=O)cc3C(F)(F)F)ccc1F)CC1C(C(=O)O)C21. The Balaban J connectivity index is 1.35. The molecule has 0 radical (unpaired) electrons. The van der Waals surface area contributed by atoms with E-state index in [9.17, 15) is 35.9 Å². The summed E-state index contributed by atoms with van der Waals surface area (Å²) in [5.41, 5.74) is 1.99. The highest BCUT2D eigenvalue weighted by atomic mass is 32.2. The summed E-state index contributed by atoms with van der Waals surface area (Å²) in [7, 11) is -3.22. The van der Waals surface area contributed by atoms with Gasteiger partial charge in [-0.3, -0.25) is 4.79 Å². The molecule has 1 saturated carbocycles. The normalized spacial score (nSPS) is 19.2. The highest BCUT2D eigenvalue weighted by molar-refractivity contribution is 7.90. The van der Waals surface area contributed by atoms with Crippen LogP contribution in [0.15, 0.2) is 48.5 Å². The Bertz CT molecular complexity index is 1630. The maximum atomic E-state index is 14.8. The average Bonchev–Trinajstić information content (AvgIpc) is 3.52. The van der Waals surface area contributed by atoms with Crippen LogP contribution in [0.25, 0.3) is 11.1 Å². The van der Waals surface area contributed by atoms with Crippen LogP contribution in [0.3, 0.4) is 0 Å². The summed E-state index contributed by atoms with van der Waals surface area (Å²) in [4.78, 5) is 11.5. The fourth-order valence-corrected chi connectivity index (χ4v) is 6.49. The van der Waals surface area contributed by atoms with E-state index in [1.54, 1.807) is 0 Å². The molecule has 2 aliphatic carbocycles. The van der Waals surface area contributed by atoms with Crippen molar-refractivity contribution in [3.8, 4) is 22.6 Å². The lowest BCUT2D eigenvalue weighted by molar-refractivity contribution is -0.139. The van der Waals surface area contributed by atoms with Crippen molar-refractivity contribution in [3.63, 3.8) is 0 Å². The molecule has 0 bridgehead atoms. The molecule has 3 unspecified atom stereocenters. The molecule has 3 aromatic carbocycles. The van der Waals surface area contributed by atoms with Gasteiger partial charge in [-0.25, -0.2) is 12.8 Å². The van der Waals surface area contributed by atoms with Gasteiger partial charge in [-0.15, -0.1) is 0 Å². The van der Waals surface area contributed by atoms with Crippen molar-refractivity contribution in [2.45, 2.75) is 44.9 Å². The Labute approximate surface area is 241 Å². The van der Waals surface area contributed by atoms with Crippen molar-refractivity contribution in [1.82, 2.24) is 0 Å². The number of hydrogen-bond donors (Lipinski definition) is 1. The number of carboxylic acids is 1. The molecule has 42 heavy (non-hydrogen) atoms. The van der Waals surface area contributed by atoms with E-state index in [4.69, 9.17) is 9.47 Å². The number of halogens is 4. The molecule has 6 nitrogen and oxygen atoms in total. The van der Waals surface area contributed by atoms with E-state index in [2.05, 4.69) is 0 Å². The van der Waals surface area contributed by atoms with Crippen LogP contribution >= 0.6 is 0 Å². The molecule has 1 N–H and O–H groups in total. The van der Waals surface area contributed by atoms with Gasteiger partial charge in [-0.2, -0.15) is 13.2 Å². The van der Waals surface area contributed by atoms with Crippen LogP contribution in [0.2, 0.25) is 0 Å². The number of aliphatic carboxylic acids is 1. The van der Waals surface area contributed by atoms with Crippen LogP contribution in [0.5, 0.6) is 11.5 Å². The number of benzene rings is 3. The van der Waals surface area contributed by atoms with Crippen molar-refractivity contribution >= 4 is 15.8 Å². The molecular weight excluding hydrogens is 576 g/mol. The highest BCUT2D eigenvalue weighted by Crippen LogP contribution is 2.62. The van der Waals surface area contributed by atoms with Crippen LogP contribution in [0, 0.1) is 17.7 Å². The van der Waals surface area contributed by atoms with Crippen molar-refractivity contribution in [3.05, 3.63) is 82.2 Å². The first-order chi connectivity index (χ1) is 19.8. The number of aryl methyl sites for hydroxylation is 1. The van der Waals surface area contributed by atoms with Crippen molar-refractivity contribution in [2.24, 2.45) is 11.8 Å². The number of carbonyl (C=O) groups is 1. The topological polar surface area (TPSA) is 89.9 Å². The lowest BCUT2D eigenvalue weighted by Gasteiger charge is -2.17. The van der Waals surface area contributed by atoms with E-state index < -0.39 is 33.4 Å². The molecular formula is C31H30F4O6S. The van der Waals surface area contributed by atoms with E-state index in [0.717, 1.165) is 35.1 Å². The fraction of sp³-hybridized carbons (Fsp3) is 0.387. The number of fused-ring (bicyclic) bond motifs is 3. The molecule has 3 atom stereocenters. The molecule has 3 aromatic rings. The molecule has 0 aromatic heterocycles. The van der Waals surface area contributed by atoms with Gasteiger partial charge in [-0.1, -0.05) is 25.1 Å². The number of hydrogen-bond acceptors (Lipinski definition) is 5. The van der Waals surface area contributed by atoms with E-state index in [-0.39, 0.29) is 65.6 Å². The van der Waals surface area contributed by atoms with E-state index >= 15 is 0 Å². The zero-order valence-electron chi connectivity index (χ0n) is 23.0. The van der Waals surface area contributed by atoms with Gasteiger partial charge in [0.15, 0.2) is 0 Å². The zero-order valence-corrected chi connectivity index (χ0v) is 23.8. The van der Waals surface area contributed by atoms with Gasteiger partial charge in [0.1, 0.15) is 33.8 Å². The minimum atomic E-state index is -4.73. The first-order valence-corrected chi connectivity index (χ1v) is 15.6. The lowest BCUT2D eigenvalue weighted by atomic mass is 9.97. The molecule has 0 spiro atoms. The molecule has 5 rings (SSSR count). The molecule has 0 heterocycles. The quantitative estimate of drug-likeness (QED) is 0.200. The molecule has 0 saturated heterocycles. The fourth-order valence-electron chi connectivity index (χ4n) is 5.85. The van der Waals surface area contributed by atoms with Crippen LogP contribution in [-0.2, 0) is 40.3 Å². The second-order valence-corrected chi connectivity index (χ2v) is 13.2. The minimum absolute atomic E-state index is 0.0121. The van der Waals surface area contributed by atoms with Crippen LogP contribution in [0.4, 0.5) is 17.6 Å². The van der Waals surface area contributed by atoms with Gasteiger partial charge < -0.3 is 14.6 Å². The summed E-state index contributed by atoms with van der Waals surface area (Å²) in [6.07, 6.45) is -2.28. The summed E-state index contributed by atoms with van der Waals surface area (Å²) < 4.78 is 90.8. The van der Waals surface area contributed by atoms with Gasteiger partial charge in [0.25, 0.3) is 0 Å². The molecule has 1 fully saturated rings. The molecule has 224 valence electrons.